The third-order valence-corrected chi connectivity index (χ3v) is 3.03. The molecule has 0 bridgehead atoms. The second kappa shape index (κ2) is 7.31. The summed E-state index contributed by atoms with van der Waals surface area (Å²) < 4.78 is 15.4. The van der Waals surface area contributed by atoms with Crippen molar-refractivity contribution in [3.8, 4) is 17.2 Å². The van der Waals surface area contributed by atoms with Gasteiger partial charge in [0.15, 0.2) is 11.5 Å². The molecule has 0 aromatic heterocycles. The van der Waals surface area contributed by atoms with Gasteiger partial charge in [-0.15, -0.1) is 0 Å². The van der Waals surface area contributed by atoms with E-state index in [0.717, 1.165) is 0 Å². The van der Waals surface area contributed by atoms with Gasteiger partial charge in [0.25, 0.3) is 5.91 Å². The van der Waals surface area contributed by atoms with Crippen LogP contribution < -0.4 is 19.5 Å². The molecular weight excluding hydrogens is 298 g/mol. The van der Waals surface area contributed by atoms with Crippen molar-refractivity contribution in [1.29, 1.82) is 0 Å². The van der Waals surface area contributed by atoms with Crippen molar-refractivity contribution in [2.24, 2.45) is 0 Å². The first-order valence-corrected chi connectivity index (χ1v) is 6.86. The summed E-state index contributed by atoms with van der Waals surface area (Å²) in [5.41, 5.74) is 0.794. The molecule has 6 nitrogen and oxygen atoms in total. The van der Waals surface area contributed by atoms with Crippen LogP contribution in [-0.4, -0.2) is 26.1 Å². The van der Waals surface area contributed by atoms with Crippen LogP contribution in [-0.2, 0) is 4.79 Å². The third-order valence-electron chi connectivity index (χ3n) is 3.03. The van der Waals surface area contributed by atoms with Crippen molar-refractivity contribution in [3.63, 3.8) is 0 Å². The Labute approximate surface area is 134 Å². The Kier molecular flexibility index (Phi) is 5.19. The minimum Gasteiger partial charge on any atom is -0.493 e. The average Bonchev–Trinajstić information content (AvgIpc) is 2.54. The van der Waals surface area contributed by atoms with Gasteiger partial charge in [-0.25, -0.2) is 0 Å². The predicted octanol–water partition coefficient (Wildman–Crippen LogP) is 2.88. The predicted molar refractivity (Wildman–Crippen MR) is 85.3 cm³/mol. The van der Waals surface area contributed by atoms with Crippen LogP contribution in [0.3, 0.4) is 0 Å². The number of hydrogen-bond donors (Lipinski definition) is 1. The number of anilines is 1. The first-order valence-electron chi connectivity index (χ1n) is 6.86. The molecule has 2 aromatic rings. The molecule has 23 heavy (non-hydrogen) atoms. The smallest absolute Gasteiger partial charge is 0.308 e. The van der Waals surface area contributed by atoms with E-state index in [4.69, 9.17) is 14.2 Å². The molecule has 0 unspecified atom stereocenters. The molecule has 0 radical (unpaired) electrons. The van der Waals surface area contributed by atoms with E-state index in [1.807, 2.05) is 0 Å². The fourth-order valence-electron chi connectivity index (χ4n) is 2.01. The molecule has 2 rings (SSSR count). The highest BCUT2D eigenvalue weighted by molar-refractivity contribution is 6.06. The molecule has 2 aromatic carbocycles. The number of ether oxygens (including phenoxy) is 3. The van der Waals surface area contributed by atoms with E-state index in [0.29, 0.717) is 17.2 Å². The lowest BCUT2D eigenvalue weighted by molar-refractivity contribution is -0.131. The maximum absolute atomic E-state index is 12.4. The van der Waals surface area contributed by atoms with Crippen LogP contribution >= 0.6 is 0 Å². The number of methoxy groups -OCH3 is 2. The van der Waals surface area contributed by atoms with Gasteiger partial charge in [0.1, 0.15) is 5.75 Å². The molecule has 0 aliphatic heterocycles. The molecule has 0 saturated heterocycles. The number of amides is 1. The van der Waals surface area contributed by atoms with Crippen molar-refractivity contribution >= 4 is 17.6 Å². The van der Waals surface area contributed by atoms with E-state index in [1.165, 1.54) is 21.1 Å². The first-order chi connectivity index (χ1) is 11.0. The number of benzene rings is 2. The van der Waals surface area contributed by atoms with Gasteiger partial charge in [0.05, 0.1) is 19.8 Å². The summed E-state index contributed by atoms with van der Waals surface area (Å²) in [5, 5.41) is 2.73. The van der Waals surface area contributed by atoms with Gasteiger partial charge in [-0.3, -0.25) is 9.59 Å². The Morgan fingerprint density at radius 3 is 2.26 bits per heavy atom. The lowest BCUT2D eigenvalue weighted by Crippen LogP contribution is -2.14. The van der Waals surface area contributed by atoms with Gasteiger partial charge < -0.3 is 19.5 Å². The molecule has 0 atom stereocenters. The van der Waals surface area contributed by atoms with Gasteiger partial charge in [-0.1, -0.05) is 12.1 Å². The summed E-state index contributed by atoms with van der Waals surface area (Å²) in [6.07, 6.45) is 0. The Balaban J connectivity index is 2.24. The van der Waals surface area contributed by atoms with Crippen LogP contribution in [0.15, 0.2) is 42.5 Å². The molecule has 1 amide bonds. The SMILES string of the molecule is COc1ccc(NC(=O)c2ccccc2OC(C)=O)cc1OC. The lowest BCUT2D eigenvalue weighted by Gasteiger charge is -2.12. The second-order valence-electron chi connectivity index (χ2n) is 4.61. The Bertz CT molecular complexity index is 727. The summed E-state index contributed by atoms with van der Waals surface area (Å²) in [7, 11) is 3.05. The highest BCUT2D eigenvalue weighted by Crippen LogP contribution is 2.30. The lowest BCUT2D eigenvalue weighted by atomic mass is 10.1. The summed E-state index contributed by atoms with van der Waals surface area (Å²) >= 11 is 0. The molecule has 0 fully saturated rings. The number of hydrogen-bond acceptors (Lipinski definition) is 5. The van der Waals surface area contributed by atoms with Crippen molar-refractivity contribution < 1.29 is 23.8 Å². The number of carbonyl (C=O) groups is 2. The van der Waals surface area contributed by atoms with Crippen molar-refractivity contribution in [3.05, 3.63) is 48.0 Å². The average molecular weight is 315 g/mol. The van der Waals surface area contributed by atoms with E-state index < -0.39 is 11.9 Å². The highest BCUT2D eigenvalue weighted by Gasteiger charge is 2.14. The van der Waals surface area contributed by atoms with E-state index in [9.17, 15) is 9.59 Å². The zero-order valence-electron chi connectivity index (χ0n) is 13.1. The largest absolute Gasteiger partial charge is 0.493 e. The van der Waals surface area contributed by atoms with E-state index in [-0.39, 0.29) is 11.3 Å². The van der Waals surface area contributed by atoms with E-state index in [2.05, 4.69) is 5.32 Å². The van der Waals surface area contributed by atoms with Crippen LogP contribution in [0.2, 0.25) is 0 Å². The summed E-state index contributed by atoms with van der Waals surface area (Å²) in [6.45, 7) is 1.28. The quantitative estimate of drug-likeness (QED) is 0.678. The van der Waals surface area contributed by atoms with Crippen molar-refractivity contribution in [2.75, 3.05) is 19.5 Å². The van der Waals surface area contributed by atoms with Crippen LogP contribution in [0.5, 0.6) is 17.2 Å². The molecule has 0 spiro atoms. The summed E-state index contributed by atoms with van der Waals surface area (Å²) in [4.78, 5) is 23.5. The molecule has 120 valence electrons. The third kappa shape index (κ3) is 4.00. The number of para-hydroxylation sites is 1. The van der Waals surface area contributed by atoms with Crippen molar-refractivity contribution in [1.82, 2.24) is 0 Å². The number of carbonyl (C=O) groups excluding carboxylic acids is 2. The van der Waals surface area contributed by atoms with Crippen LogP contribution in [0.4, 0.5) is 5.69 Å². The van der Waals surface area contributed by atoms with Crippen LogP contribution in [0.25, 0.3) is 0 Å². The molecule has 0 aliphatic rings. The first kappa shape index (κ1) is 16.4. The minimum absolute atomic E-state index is 0.206. The standard InChI is InChI=1S/C17H17NO5/c1-11(19)23-14-7-5-4-6-13(14)17(20)18-12-8-9-15(21-2)16(10-12)22-3/h4-10H,1-3H3,(H,18,20). The fraction of sp³-hybridized carbons (Fsp3) is 0.176. The van der Waals surface area contributed by atoms with E-state index in [1.54, 1.807) is 42.5 Å². The van der Waals surface area contributed by atoms with Crippen LogP contribution in [0.1, 0.15) is 17.3 Å². The van der Waals surface area contributed by atoms with Gasteiger partial charge in [-0.05, 0) is 24.3 Å². The van der Waals surface area contributed by atoms with E-state index >= 15 is 0 Å². The fourth-order valence-corrected chi connectivity index (χ4v) is 2.01. The monoisotopic (exact) mass is 315 g/mol. The second-order valence-corrected chi connectivity index (χ2v) is 4.61. The zero-order chi connectivity index (χ0) is 16.8. The topological polar surface area (TPSA) is 73.9 Å². The number of nitrogens with one attached hydrogen (secondary N) is 1. The van der Waals surface area contributed by atoms with Gasteiger partial charge >= 0.3 is 5.97 Å². The molecule has 6 heteroatoms. The van der Waals surface area contributed by atoms with Crippen LogP contribution in [0, 0.1) is 0 Å². The Morgan fingerprint density at radius 2 is 1.61 bits per heavy atom. The molecule has 1 N–H and O–H groups in total. The number of esters is 1. The maximum atomic E-state index is 12.4. The minimum atomic E-state index is -0.489. The Morgan fingerprint density at radius 1 is 0.913 bits per heavy atom. The van der Waals surface area contributed by atoms with Gasteiger partial charge in [0, 0.05) is 18.7 Å². The zero-order valence-corrected chi connectivity index (χ0v) is 13.1. The summed E-state index contributed by atoms with van der Waals surface area (Å²) in [5.74, 6) is 0.382. The van der Waals surface area contributed by atoms with Gasteiger partial charge in [0.2, 0.25) is 0 Å². The molecule has 0 aliphatic carbocycles. The van der Waals surface area contributed by atoms with Gasteiger partial charge in [-0.2, -0.15) is 0 Å². The molecule has 0 saturated carbocycles. The van der Waals surface area contributed by atoms with Crippen molar-refractivity contribution in [2.45, 2.75) is 6.92 Å². The maximum Gasteiger partial charge on any atom is 0.308 e. The summed E-state index contributed by atoms with van der Waals surface area (Å²) in [6, 6.07) is 11.5. The molecular formula is C17H17NO5. The normalized spacial score (nSPS) is 9.87. The number of rotatable bonds is 5. The molecule has 0 heterocycles. The Hall–Kier alpha value is -3.02. The highest BCUT2D eigenvalue weighted by atomic mass is 16.5.